The Morgan fingerprint density at radius 3 is 0.859 bits per heavy atom. The number of hydrogen-bond acceptors (Lipinski definition) is 20. The molecule has 22 nitrogen and oxygen atoms in total. The normalized spacial score (nSPS) is 11.8. The number of H-pyrrole nitrogens is 2. The summed E-state index contributed by atoms with van der Waals surface area (Å²) in [6.45, 7) is 0. The summed E-state index contributed by atoms with van der Waals surface area (Å²) in [6, 6.07) is 19.6. The van der Waals surface area contributed by atoms with Crippen LogP contribution in [0.4, 0.5) is 0 Å². The van der Waals surface area contributed by atoms with Gasteiger partial charge in [0.25, 0.3) is 0 Å². The topological polar surface area (TPSA) is 372 Å². The summed E-state index contributed by atoms with van der Waals surface area (Å²) in [4.78, 5) is 23.0. The fourth-order valence-electron chi connectivity index (χ4n) is 6.72. The van der Waals surface area contributed by atoms with E-state index in [0.29, 0.717) is 21.9 Å². The molecule has 0 spiro atoms. The Kier molecular flexibility index (Phi) is 19.2. The third kappa shape index (κ3) is 10.5. The maximum absolute atomic E-state index is 13.0. The van der Waals surface area contributed by atoms with Crippen LogP contribution in [-0.4, -0.2) is 210 Å². The molecule has 0 amide bonds. The van der Waals surface area contributed by atoms with Crippen LogP contribution >= 0.6 is 0 Å². The van der Waals surface area contributed by atoms with Crippen molar-refractivity contribution < 1.29 is 94.0 Å². The first-order chi connectivity index (χ1) is 28.3. The number of rotatable bonds is 4. The van der Waals surface area contributed by atoms with Gasteiger partial charge in [-0.25, -0.2) is 63.6 Å². The van der Waals surface area contributed by atoms with E-state index in [4.69, 9.17) is 17.3 Å². The van der Waals surface area contributed by atoms with Gasteiger partial charge in [0.05, 0.1) is 19.6 Å². The van der Waals surface area contributed by atoms with E-state index in [-0.39, 0.29) is 164 Å². The first-order valence-corrected chi connectivity index (χ1v) is 22.6. The molecule has 9 rings (SSSR count). The Labute approximate surface area is 467 Å². The second kappa shape index (κ2) is 21.5. The number of nitrogens with zero attached hydrogens (tertiary/aromatic N) is 6. The Morgan fingerprint density at radius 1 is 0.359 bits per heavy atom. The van der Waals surface area contributed by atoms with Crippen molar-refractivity contribution in [2.75, 3.05) is 0 Å². The van der Waals surface area contributed by atoms with Gasteiger partial charge in [0.15, 0.2) is 23.3 Å². The Hall–Kier alpha value is -1.35. The van der Waals surface area contributed by atoms with Crippen molar-refractivity contribution in [2.24, 2.45) is 0 Å². The van der Waals surface area contributed by atoms with Crippen LogP contribution in [0.2, 0.25) is 0 Å². The molecule has 0 fully saturated rings. The van der Waals surface area contributed by atoms with Crippen LogP contribution in [0.3, 0.4) is 0 Å². The average molecular weight is 1060 g/mol. The number of fused-ring (bicyclic) bond motifs is 20. The minimum atomic E-state index is -6.60. The van der Waals surface area contributed by atoms with E-state index in [2.05, 4.69) is 29.9 Å². The number of nitrogens with one attached hydrogen (secondary N) is 2. The van der Waals surface area contributed by atoms with Crippen molar-refractivity contribution in [3.05, 3.63) is 72.8 Å². The molecule has 4 aromatic carbocycles. The zero-order valence-electron chi connectivity index (χ0n) is 28.9. The van der Waals surface area contributed by atoms with Crippen molar-refractivity contribution in [3.8, 4) is 45.6 Å². The van der Waals surface area contributed by atoms with Crippen molar-refractivity contribution in [3.63, 3.8) is 0 Å². The van der Waals surface area contributed by atoms with Gasteiger partial charge in [-0.15, -0.1) is 0 Å². The summed E-state index contributed by atoms with van der Waals surface area (Å²) >= 11 is 2.12. The molecule has 64 heavy (non-hydrogen) atoms. The van der Waals surface area contributed by atoms with Gasteiger partial charge >= 0.3 is 160 Å². The van der Waals surface area contributed by atoms with Gasteiger partial charge < -0.3 is 28.2 Å². The molecular weight excluding hydrogens is 1040 g/mol. The van der Waals surface area contributed by atoms with Crippen molar-refractivity contribution >= 4 is 203 Å². The van der Waals surface area contributed by atoms with Gasteiger partial charge in [0, 0.05) is 43.8 Å². The number of hydrogen-bond donors (Lipinski definition) is 2. The Morgan fingerprint density at radius 2 is 0.594 bits per heavy atom. The summed E-state index contributed by atoms with van der Waals surface area (Å²) in [5.41, 5.74) is -0.283. The van der Waals surface area contributed by atoms with E-state index in [1.807, 2.05) is 0 Å². The zero-order valence-corrected chi connectivity index (χ0v) is 34.9. The Balaban J connectivity index is 0.00000133. The van der Waals surface area contributed by atoms with Crippen molar-refractivity contribution in [1.29, 1.82) is 0 Å². The molecule has 3 aromatic heterocycles. The van der Waals surface area contributed by atoms with E-state index in [0.717, 1.165) is 34.7 Å². The monoisotopic (exact) mass is 1060 g/mol. The molecule has 2 aliphatic rings. The van der Waals surface area contributed by atoms with Gasteiger partial charge in [-0.1, -0.05) is 72.8 Å². The minimum absolute atomic E-state index is 0. The molecule has 0 unspecified atom stereocenters. The molecule has 7 aromatic rings. The van der Waals surface area contributed by atoms with Gasteiger partial charge in [-0.05, 0) is 0 Å². The van der Waals surface area contributed by atoms with E-state index in [1.54, 1.807) is 60.7 Å². The fraction of sp³-hybridized carbons (Fsp3) is 0. The van der Waals surface area contributed by atoms with Crippen LogP contribution in [-0.2, 0) is 82.6 Å². The summed E-state index contributed by atoms with van der Waals surface area (Å²) in [7, 11) is -26.0. The second-order valence-corrected chi connectivity index (χ2v) is 17.4. The van der Waals surface area contributed by atoms with E-state index in [1.165, 1.54) is 12.1 Å². The molecule has 308 valence electrons. The first kappa shape index (κ1) is 57.0. The van der Waals surface area contributed by atoms with Crippen LogP contribution < -0.4 is 0 Å². The van der Waals surface area contributed by atoms with Gasteiger partial charge in [0.2, 0.25) is 0 Å². The van der Waals surface area contributed by atoms with Gasteiger partial charge in [0.1, 0.15) is 63.1 Å². The van der Waals surface area contributed by atoms with Crippen LogP contribution in [0.25, 0.3) is 89.7 Å². The van der Waals surface area contributed by atoms with E-state index in [9.17, 15) is 51.9 Å². The third-order valence-corrected chi connectivity index (χ3v) is 12.8. The average Bonchev–Trinajstić information content (AvgIpc) is 3.93. The Bertz CT molecular complexity index is 3450. The van der Waals surface area contributed by atoms with Gasteiger partial charge in [-0.3, -0.25) is 0 Å². The molecule has 8 bridgehead atoms. The predicted octanol–water partition coefficient (Wildman–Crippen LogP) is -0.351. The van der Waals surface area contributed by atoms with E-state index < -0.39 is 82.1 Å². The quantitative estimate of drug-likeness (QED) is 0.168. The molecule has 0 aliphatic carbocycles. The molecule has 2 aliphatic heterocycles. The first-order valence-electron chi connectivity index (χ1n) is 15.8. The van der Waals surface area contributed by atoms with Crippen LogP contribution in [0.15, 0.2) is 92.4 Å². The van der Waals surface area contributed by atoms with Crippen LogP contribution in [0.5, 0.6) is 0 Å². The van der Waals surface area contributed by atoms with E-state index >= 15 is 0 Å². The number of aromatic amines is 2. The molecule has 0 saturated carbocycles. The summed E-state index contributed by atoms with van der Waals surface area (Å²) in [6.07, 6.45) is 0. The van der Waals surface area contributed by atoms with Gasteiger partial charge in [-0.2, -0.15) is 0 Å². The standard InChI is InChI=1S/C32H18N8O12S4.4Na.2O.2V.4H/c41-53(42,43)21-19-20(22(54(44,45)46)24(56(50,51)52)23(21)55(47,48)49)32-39-30-18-12-6-4-10-16(18)28(37-30)35-26-14-8-2-1-7-13(14)25(33-26)34-27-15-9-3-5-11-17(15)29(36-27)38-31(19)40-32;;;;;;;;;;;;/h1-12H,(H,41,42,43)(H,44,45,46)(H,47,48,49)(H,50,51,52)(H2,33,34,35,36,37,38,39,40);;;;;;;;;;;;/q;;;;;;;2*+2;;;;/p-4. The fourth-order valence-corrected chi connectivity index (χ4v) is 11.6. The molecule has 0 radical (unpaired) electrons. The predicted molar refractivity (Wildman–Crippen MR) is 218 cm³/mol. The number of aromatic nitrogens is 8. The summed E-state index contributed by atoms with van der Waals surface area (Å²) in [5.74, 6) is -0.637. The molecule has 5 heterocycles. The summed E-state index contributed by atoms with van der Waals surface area (Å²) in [5, 5.41) is -1.56. The van der Waals surface area contributed by atoms with Crippen molar-refractivity contribution in [1.82, 2.24) is 39.9 Å². The SMILES string of the molecule is O=S(=O)([O-])c1c(S(=O)(=O)[O-])c(S(=O)(=O)[O-])c2c3nc4nc(nc5[nH]c(nc6nc(nc([nH]3)c2c1S(=O)(=O)[O-])-c1ccccc1-6)c1ccccc51)-c1ccccc1-4.[NaH].[NaH].[NaH].[NaH].[O]=[V+2].[O]=[V+2]. The third-order valence-electron chi connectivity index (χ3n) is 8.82. The molecule has 0 atom stereocenters. The van der Waals surface area contributed by atoms with Crippen LogP contribution in [0, 0.1) is 0 Å². The molecular formula is C32H18N8Na4O14S4V2. The molecule has 0 saturated heterocycles. The second-order valence-electron chi connectivity index (χ2n) is 12.1. The van der Waals surface area contributed by atoms with Crippen molar-refractivity contribution in [2.45, 2.75) is 19.6 Å². The number of benzene rings is 4. The summed E-state index contributed by atoms with van der Waals surface area (Å²) < 4.78 is 170. The molecule has 32 heteroatoms. The zero-order chi connectivity index (χ0) is 43.7. The van der Waals surface area contributed by atoms with Crippen LogP contribution in [0.1, 0.15) is 0 Å². The maximum atomic E-state index is 13.0. The molecule has 2 N–H and O–H groups in total.